The quantitative estimate of drug-likeness (QED) is 0.648. The van der Waals surface area contributed by atoms with Crippen LogP contribution in [0.5, 0.6) is 0 Å². The highest BCUT2D eigenvalue weighted by Gasteiger charge is 2.32. The molecule has 16 heavy (non-hydrogen) atoms. The normalized spacial score (nSPS) is 20.2. The Morgan fingerprint density at radius 1 is 1.75 bits per heavy atom. The van der Waals surface area contributed by atoms with Crippen LogP contribution in [0.4, 0.5) is 5.69 Å². The van der Waals surface area contributed by atoms with Gasteiger partial charge < -0.3 is 14.7 Å². The number of carbonyl (C=O) groups is 2. The van der Waals surface area contributed by atoms with Crippen LogP contribution >= 0.6 is 0 Å². The largest absolute Gasteiger partial charge is 0.464 e. The number of hydrogen-bond acceptors (Lipinski definition) is 5. The lowest BCUT2D eigenvalue weighted by Crippen LogP contribution is -2.26. The Kier molecular flexibility index (Phi) is 2.61. The molecule has 0 aromatic carbocycles. The molecule has 1 aromatic rings. The van der Waals surface area contributed by atoms with Crippen LogP contribution in [-0.4, -0.2) is 46.9 Å². The molecular formula is C9H11N3O4. The minimum absolute atomic E-state index is 0.0613. The van der Waals surface area contributed by atoms with E-state index in [0.717, 1.165) is 0 Å². The Morgan fingerprint density at radius 2 is 2.50 bits per heavy atom. The van der Waals surface area contributed by atoms with Crippen LogP contribution in [0.1, 0.15) is 16.9 Å². The van der Waals surface area contributed by atoms with Crippen LogP contribution in [0.3, 0.4) is 0 Å². The third kappa shape index (κ3) is 1.65. The summed E-state index contributed by atoms with van der Waals surface area (Å²) >= 11 is 0. The number of ether oxygens (including phenoxy) is 1. The third-order valence-corrected chi connectivity index (χ3v) is 2.40. The number of nitrogens with zero attached hydrogens (tertiary/aromatic N) is 2. The zero-order valence-corrected chi connectivity index (χ0v) is 8.64. The summed E-state index contributed by atoms with van der Waals surface area (Å²) in [7, 11) is 1.24. The van der Waals surface area contributed by atoms with E-state index in [9.17, 15) is 14.7 Å². The number of methoxy groups -OCH3 is 1. The Labute approximate surface area is 91.0 Å². The highest BCUT2D eigenvalue weighted by Crippen LogP contribution is 2.24. The third-order valence-electron chi connectivity index (χ3n) is 2.40. The van der Waals surface area contributed by atoms with Crippen molar-refractivity contribution in [2.24, 2.45) is 0 Å². The summed E-state index contributed by atoms with van der Waals surface area (Å²) in [5.41, 5.74) is 0.457. The van der Waals surface area contributed by atoms with Gasteiger partial charge in [0.2, 0.25) is 5.91 Å². The van der Waals surface area contributed by atoms with E-state index < -0.39 is 12.1 Å². The summed E-state index contributed by atoms with van der Waals surface area (Å²) in [5.74, 6) is -0.833. The summed E-state index contributed by atoms with van der Waals surface area (Å²) in [4.78, 5) is 24.2. The fourth-order valence-electron chi connectivity index (χ4n) is 1.66. The summed E-state index contributed by atoms with van der Waals surface area (Å²) in [5, 5.41) is 15.5. The van der Waals surface area contributed by atoms with E-state index in [-0.39, 0.29) is 24.6 Å². The number of anilines is 1. The average Bonchev–Trinajstić information content (AvgIpc) is 2.83. The molecule has 2 N–H and O–H groups in total. The van der Waals surface area contributed by atoms with Crippen molar-refractivity contribution in [1.82, 2.24) is 10.2 Å². The first kappa shape index (κ1) is 10.6. The van der Waals surface area contributed by atoms with Crippen molar-refractivity contribution in [3.8, 4) is 0 Å². The van der Waals surface area contributed by atoms with Gasteiger partial charge in [0, 0.05) is 0 Å². The number of esters is 1. The number of aliphatic hydroxyl groups is 1. The number of amides is 1. The van der Waals surface area contributed by atoms with E-state index in [1.807, 2.05) is 0 Å². The van der Waals surface area contributed by atoms with Gasteiger partial charge in [-0.3, -0.25) is 9.89 Å². The fraction of sp³-hybridized carbons (Fsp3) is 0.444. The van der Waals surface area contributed by atoms with Gasteiger partial charge in [0.1, 0.15) is 0 Å². The lowest BCUT2D eigenvalue weighted by Gasteiger charge is -2.14. The first-order valence-corrected chi connectivity index (χ1v) is 4.73. The molecule has 1 fully saturated rings. The maximum absolute atomic E-state index is 11.5. The minimum atomic E-state index is -0.701. The molecule has 1 amide bonds. The van der Waals surface area contributed by atoms with Crippen LogP contribution in [-0.2, 0) is 9.53 Å². The van der Waals surface area contributed by atoms with Crippen molar-refractivity contribution in [2.45, 2.75) is 12.5 Å². The van der Waals surface area contributed by atoms with Gasteiger partial charge in [0.05, 0.1) is 38.1 Å². The lowest BCUT2D eigenvalue weighted by molar-refractivity contribution is -0.117. The van der Waals surface area contributed by atoms with Gasteiger partial charge in [-0.05, 0) is 0 Å². The van der Waals surface area contributed by atoms with Gasteiger partial charge in [-0.25, -0.2) is 4.79 Å². The second-order valence-corrected chi connectivity index (χ2v) is 3.48. The first-order valence-electron chi connectivity index (χ1n) is 4.73. The molecular weight excluding hydrogens is 214 g/mol. The topological polar surface area (TPSA) is 95.5 Å². The summed E-state index contributed by atoms with van der Waals surface area (Å²) in [6.45, 7) is 0.169. The van der Waals surface area contributed by atoms with Crippen LogP contribution in [0.25, 0.3) is 0 Å². The Morgan fingerprint density at radius 3 is 3.06 bits per heavy atom. The van der Waals surface area contributed by atoms with Crippen LogP contribution < -0.4 is 4.90 Å². The molecule has 2 rings (SSSR count). The highest BCUT2D eigenvalue weighted by molar-refractivity contribution is 6.02. The highest BCUT2D eigenvalue weighted by atomic mass is 16.5. The molecule has 1 aliphatic rings. The molecule has 1 saturated heterocycles. The number of carbonyl (C=O) groups excluding carboxylic acids is 2. The molecule has 1 aliphatic heterocycles. The smallest absolute Gasteiger partial charge is 0.358 e. The van der Waals surface area contributed by atoms with Gasteiger partial charge in [-0.2, -0.15) is 5.10 Å². The molecule has 7 heteroatoms. The number of aromatic amines is 1. The van der Waals surface area contributed by atoms with Crippen molar-refractivity contribution in [1.29, 1.82) is 0 Å². The SMILES string of the molecule is COC(=O)c1[nH]ncc1N1CC(O)CC1=O. The molecule has 2 heterocycles. The Hall–Kier alpha value is -1.89. The molecule has 0 bridgehead atoms. The summed E-state index contributed by atoms with van der Waals surface area (Å²) in [6, 6.07) is 0. The Balaban J connectivity index is 2.31. The van der Waals surface area contributed by atoms with Crippen molar-refractivity contribution < 1.29 is 19.4 Å². The standard InChI is InChI=1S/C9H11N3O4/c1-16-9(15)8-6(3-10-11-8)12-4-5(13)2-7(12)14/h3,5,13H,2,4H2,1H3,(H,10,11). The van der Waals surface area contributed by atoms with Gasteiger partial charge >= 0.3 is 5.97 Å². The van der Waals surface area contributed by atoms with E-state index in [1.165, 1.54) is 18.2 Å². The molecule has 1 unspecified atom stereocenters. The van der Waals surface area contributed by atoms with Crippen molar-refractivity contribution in [3.63, 3.8) is 0 Å². The van der Waals surface area contributed by atoms with Gasteiger partial charge in [0.15, 0.2) is 5.69 Å². The van der Waals surface area contributed by atoms with E-state index in [1.54, 1.807) is 0 Å². The zero-order valence-electron chi connectivity index (χ0n) is 8.64. The average molecular weight is 225 g/mol. The van der Waals surface area contributed by atoms with Crippen LogP contribution in [0.15, 0.2) is 6.20 Å². The number of β-amino-alcohol motifs (C(OH)–C–C–N with tert-alkyl or cyclic N) is 1. The molecule has 1 aromatic heterocycles. The van der Waals surface area contributed by atoms with Crippen LogP contribution in [0, 0.1) is 0 Å². The molecule has 0 radical (unpaired) electrons. The minimum Gasteiger partial charge on any atom is -0.464 e. The molecule has 0 saturated carbocycles. The Bertz CT molecular complexity index is 428. The maximum Gasteiger partial charge on any atom is 0.358 e. The second kappa shape index (κ2) is 3.93. The monoisotopic (exact) mass is 225 g/mol. The molecule has 0 spiro atoms. The van der Waals surface area contributed by atoms with E-state index in [4.69, 9.17) is 0 Å². The number of nitrogens with one attached hydrogen (secondary N) is 1. The first-order chi connectivity index (χ1) is 7.63. The predicted molar refractivity (Wildman–Crippen MR) is 52.9 cm³/mol. The van der Waals surface area contributed by atoms with E-state index in [0.29, 0.717) is 5.69 Å². The van der Waals surface area contributed by atoms with Gasteiger partial charge in [-0.15, -0.1) is 0 Å². The van der Waals surface area contributed by atoms with Crippen molar-refractivity contribution in [2.75, 3.05) is 18.6 Å². The second-order valence-electron chi connectivity index (χ2n) is 3.48. The van der Waals surface area contributed by atoms with Crippen molar-refractivity contribution in [3.05, 3.63) is 11.9 Å². The number of aromatic nitrogens is 2. The van der Waals surface area contributed by atoms with Crippen LogP contribution in [0.2, 0.25) is 0 Å². The van der Waals surface area contributed by atoms with Gasteiger partial charge in [0.25, 0.3) is 0 Å². The molecule has 7 nitrogen and oxygen atoms in total. The molecule has 1 atom stereocenters. The maximum atomic E-state index is 11.5. The summed E-state index contributed by atoms with van der Waals surface area (Å²) < 4.78 is 4.55. The number of H-pyrrole nitrogens is 1. The zero-order chi connectivity index (χ0) is 11.7. The predicted octanol–water partition coefficient (Wildman–Crippen LogP) is -0.706. The van der Waals surface area contributed by atoms with Gasteiger partial charge in [-0.1, -0.05) is 0 Å². The number of rotatable bonds is 2. The molecule has 0 aliphatic carbocycles. The summed E-state index contributed by atoms with van der Waals surface area (Å²) in [6.07, 6.45) is 0.724. The number of hydrogen-bond donors (Lipinski definition) is 2. The number of aliphatic hydroxyl groups excluding tert-OH is 1. The van der Waals surface area contributed by atoms with E-state index >= 15 is 0 Å². The van der Waals surface area contributed by atoms with Crippen molar-refractivity contribution >= 4 is 17.6 Å². The molecule has 86 valence electrons. The lowest BCUT2D eigenvalue weighted by atomic mass is 10.3. The fourth-order valence-corrected chi connectivity index (χ4v) is 1.66. The van der Waals surface area contributed by atoms with E-state index in [2.05, 4.69) is 14.9 Å².